The van der Waals surface area contributed by atoms with Gasteiger partial charge in [0.1, 0.15) is 0 Å². The van der Waals surface area contributed by atoms with E-state index in [-0.39, 0.29) is 17.8 Å². The van der Waals surface area contributed by atoms with Gasteiger partial charge in [-0.1, -0.05) is 40.7 Å². The van der Waals surface area contributed by atoms with Gasteiger partial charge in [-0.05, 0) is 23.6 Å². The highest BCUT2D eigenvalue weighted by Crippen LogP contribution is 2.36. The number of hydrogen-bond acceptors (Lipinski definition) is 2. The molecule has 0 aliphatic heterocycles. The van der Waals surface area contributed by atoms with E-state index < -0.39 is 11.7 Å². The smallest absolute Gasteiger partial charge is 0.310 e. The summed E-state index contributed by atoms with van der Waals surface area (Å²) in [7, 11) is 0. The van der Waals surface area contributed by atoms with Crippen molar-refractivity contribution in [1.29, 1.82) is 0 Å². The number of alkyl halides is 3. The minimum absolute atomic E-state index is 0.154. The van der Waals surface area contributed by atoms with Gasteiger partial charge in [-0.15, -0.1) is 11.8 Å². The quantitative estimate of drug-likeness (QED) is 0.710. The minimum Gasteiger partial charge on any atom is -0.310 e. The maximum atomic E-state index is 13.2. The normalized spacial score (nSPS) is 14.0. The zero-order chi connectivity index (χ0) is 16.2. The average molecular weight is 319 g/mol. The largest absolute Gasteiger partial charge is 0.416 e. The first-order chi connectivity index (χ1) is 9.61. The molecule has 1 atom stereocenters. The molecule has 1 nitrogen and oxygen atoms in total. The molecular formula is C16H24F3NS. The van der Waals surface area contributed by atoms with E-state index in [4.69, 9.17) is 0 Å². The first-order valence-corrected chi connectivity index (χ1v) is 8.09. The van der Waals surface area contributed by atoms with Gasteiger partial charge < -0.3 is 5.32 Å². The van der Waals surface area contributed by atoms with Crippen LogP contribution in [-0.2, 0) is 12.7 Å². The van der Waals surface area contributed by atoms with Crippen molar-refractivity contribution < 1.29 is 13.2 Å². The highest BCUT2D eigenvalue weighted by atomic mass is 32.2. The Labute approximate surface area is 129 Å². The lowest BCUT2D eigenvalue weighted by atomic mass is 10.1. The van der Waals surface area contributed by atoms with Crippen molar-refractivity contribution in [1.82, 2.24) is 5.32 Å². The van der Waals surface area contributed by atoms with Crippen molar-refractivity contribution in [2.24, 2.45) is 5.92 Å². The van der Waals surface area contributed by atoms with E-state index in [9.17, 15) is 13.2 Å². The maximum Gasteiger partial charge on any atom is 0.416 e. The van der Waals surface area contributed by atoms with E-state index in [0.717, 1.165) is 0 Å². The van der Waals surface area contributed by atoms with Gasteiger partial charge in [0.2, 0.25) is 0 Å². The van der Waals surface area contributed by atoms with Crippen molar-refractivity contribution in [3.63, 3.8) is 0 Å². The first kappa shape index (κ1) is 18.4. The molecule has 0 bridgehead atoms. The van der Waals surface area contributed by atoms with Crippen molar-refractivity contribution in [2.75, 3.05) is 0 Å². The van der Waals surface area contributed by atoms with E-state index in [1.165, 1.54) is 17.8 Å². The molecule has 1 N–H and O–H groups in total. The molecule has 5 heteroatoms. The fourth-order valence-corrected chi connectivity index (χ4v) is 2.75. The van der Waals surface area contributed by atoms with Crippen LogP contribution in [0, 0.1) is 5.92 Å². The highest BCUT2D eigenvalue weighted by molar-refractivity contribution is 8.00. The summed E-state index contributed by atoms with van der Waals surface area (Å²) in [5, 5.41) is 3.33. The number of nitrogens with one attached hydrogen (secondary N) is 1. The summed E-state index contributed by atoms with van der Waals surface area (Å²) in [6, 6.07) is 4.81. The monoisotopic (exact) mass is 319 g/mol. The number of rotatable bonds is 6. The molecule has 0 fully saturated rings. The third-order valence-electron chi connectivity index (χ3n) is 3.35. The summed E-state index contributed by atoms with van der Waals surface area (Å²) in [6.45, 7) is 10.3. The summed E-state index contributed by atoms with van der Waals surface area (Å²) >= 11 is 1.49. The average Bonchev–Trinajstić information content (AvgIpc) is 2.35. The summed E-state index contributed by atoms with van der Waals surface area (Å²) in [5.74, 6) is 0.423. The zero-order valence-electron chi connectivity index (χ0n) is 13.2. The van der Waals surface area contributed by atoms with Gasteiger partial charge in [-0.25, -0.2) is 0 Å². The molecular weight excluding hydrogens is 295 g/mol. The van der Waals surface area contributed by atoms with Crippen LogP contribution in [0.15, 0.2) is 23.1 Å². The minimum atomic E-state index is -4.31. The summed E-state index contributed by atoms with van der Waals surface area (Å²) in [4.78, 5) is 0.678. The zero-order valence-corrected chi connectivity index (χ0v) is 14.0. The second-order valence-electron chi connectivity index (χ2n) is 5.92. The molecule has 1 aromatic rings. The van der Waals surface area contributed by atoms with Gasteiger partial charge in [0.25, 0.3) is 0 Å². The standard InChI is InChI=1S/C16H24F3NS/c1-10(2)12(5)21-14-7-6-13(9-20-11(3)4)15(8-14)16(17,18)19/h6-8,10-12,20H,9H2,1-5H3. The molecule has 1 aromatic carbocycles. The van der Waals surface area contributed by atoms with Gasteiger partial charge in [0.05, 0.1) is 5.56 Å². The van der Waals surface area contributed by atoms with E-state index in [1.807, 2.05) is 20.8 Å². The first-order valence-electron chi connectivity index (χ1n) is 7.21. The molecule has 0 heterocycles. The van der Waals surface area contributed by atoms with Gasteiger partial charge in [-0.3, -0.25) is 0 Å². The Hall–Kier alpha value is -0.680. The summed E-state index contributed by atoms with van der Waals surface area (Å²) in [6.07, 6.45) is -4.31. The predicted octanol–water partition coefficient (Wildman–Crippen LogP) is 5.34. The molecule has 21 heavy (non-hydrogen) atoms. The number of benzene rings is 1. The second-order valence-corrected chi connectivity index (χ2v) is 7.37. The molecule has 0 amide bonds. The predicted molar refractivity (Wildman–Crippen MR) is 83.6 cm³/mol. The van der Waals surface area contributed by atoms with Crippen LogP contribution in [0.2, 0.25) is 0 Å². The van der Waals surface area contributed by atoms with Crippen LogP contribution in [0.25, 0.3) is 0 Å². The fourth-order valence-electron chi connectivity index (χ4n) is 1.71. The van der Waals surface area contributed by atoms with Gasteiger partial charge >= 0.3 is 6.18 Å². The van der Waals surface area contributed by atoms with Crippen LogP contribution >= 0.6 is 11.8 Å². The van der Waals surface area contributed by atoms with Gasteiger partial charge in [-0.2, -0.15) is 13.2 Å². The Morgan fingerprint density at radius 3 is 2.19 bits per heavy atom. The molecule has 1 unspecified atom stereocenters. The van der Waals surface area contributed by atoms with Crippen molar-refractivity contribution >= 4 is 11.8 Å². The van der Waals surface area contributed by atoms with E-state index in [1.54, 1.807) is 12.1 Å². The lowest BCUT2D eigenvalue weighted by Gasteiger charge is -2.19. The Morgan fingerprint density at radius 2 is 1.71 bits per heavy atom. The van der Waals surface area contributed by atoms with E-state index >= 15 is 0 Å². The van der Waals surface area contributed by atoms with Gasteiger partial charge in [0, 0.05) is 22.7 Å². The number of halogens is 3. The number of thioether (sulfide) groups is 1. The van der Waals surface area contributed by atoms with Crippen LogP contribution < -0.4 is 5.32 Å². The number of hydrogen-bond donors (Lipinski definition) is 1. The van der Waals surface area contributed by atoms with Crippen LogP contribution in [0.4, 0.5) is 13.2 Å². The fraction of sp³-hybridized carbons (Fsp3) is 0.625. The van der Waals surface area contributed by atoms with Crippen LogP contribution in [0.3, 0.4) is 0 Å². The Kier molecular flexibility index (Phi) is 6.60. The third-order valence-corrected chi connectivity index (χ3v) is 4.79. The van der Waals surface area contributed by atoms with Crippen LogP contribution in [0.1, 0.15) is 45.7 Å². The molecule has 0 radical (unpaired) electrons. The molecule has 1 rings (SSSR count). The lowest BCUT2D eigenvalue weighted by molar-refractivity contribution is -0.138. The molecule has 120 valence electrons. The van der Waals surface area contributed by atoms with Crippen molar-refractivity contribution in [3.05, 3.63) is 29.3 Å². The van der Waals surface area contributed by atoms with Crippen molar-refractivity contribution in [2.45, 2.75) is 63.5 Å². The molecule has 0 aromatic heterocycles. The highest BCUT2D eigenvalue weighted by Gasteiger charge is 2.33. The topological polar surface area (TPSA) is 12.0 Å². The molecule has 0 spiro atoms. The maximum absolute atomic E-state index is 13.2. The third kappa shape index (κ3) is 5.91. The molecule has 0 aliphatic rings. The van der Waals surface area contributed by atoms with Crippen LogP contribution in [-0.4, -0.2) is 11.3 Å². The van der Waals surface area contributed by atoms with Crippen molar-refractivity contribution in [3.8, 4) is 0 Å². The Balaban J connectivity index is 3.01. The summed E-state index contributed by atoms with van der Waals surface area (Å²) in [5.41, 5.74) is -0.227. The Bertz CT molecular complexity index is 455. The lowest BCUT2D eigenvalue weighted by Crippen LogP contribution is -2.24. The second kappa shape index (κ2) is 7.54. The molecule has 0 aliphatic carbocycles. The summed E-state index contributed by atoms with van der Waals surface area (Å²) < 4.78 is 39.6. The van der Waals surface area contributed by atoms with Gasteiger partial charge in [0.15, 0.2) is 0 Å². The Morgan fingerprint density at radius 1 is 1.10 bits per heavy atom. The SMILES string of the molecule is CC(C)NCc1ccc(SC(C)C(C)C)cc1C(F)(F)F. The molecule has 0 saturated carbocycles. The van der Waals surface area contributed by atoms with E-state index in [2.05, 4.69) is 19.2 Å². The molecule has 0 saturated heterocycles. The van der Waals surface area contributed by atoms with E-state index in [0.29, 0.717) is 16.4 Å². The van der Waals surface area contributed by atoms with Crippen LogP contribution in [0.5, 0.6) is 0 Å².